The molecule has 0 saturated heterocycles. The fourth-order valence-corrected chi connectivity index (χ4v) is 1.88. The van der Waals surface area contributed by atoms with E-state index in [-0.39, 0.29) is 23.6 Å². The number of nitrogens with zero attached hydrogens (tertiary/aromatic N) is 1. The number of hydrogen-bond donors (Lipinski definition) is 1. The van der Waals surface area contributed by atoms with Gasteiger partial charge in [0.15, 0.2) is 12.9 Å². The maximum atomic E-state index is 11.8. The van der Waals surface area contributed by atoms with Crippen molar-refractivity contribution >= 4 is 23.6 Å². The molecular formula is C16H14N2O6. The summed E-state index contributed by atoms with van der Waals surface area (Å²) in [6.45, 7) is -0.315. The number of nitro benzene ring substituents is 1. The number of nitrogens with one attached hydrogen (secondary N) is 1. The fourth-order valence-electron chi connectivity index (χ4n) is 1.88. The lowest BCUT2D eigenvalue weighted by Crippen LogP contribution is -2.20. The van der Waals surface area contributed by atoms with Gasteiger partial charge in [0.05, 0.1) is 17.6 Å². The first-order valence-electron chi connectivity index (χ1n) is 6.84. The Hall–Kier alpha value is -3.42. The van der Waals surface area contributed by atoms with E-state index in [0.717, 1.165) is 0 Å². The molecule has 24 heavy (non-hydrogen) atoms. The molecule has 0 aliphatic heterocycles. The number of amides is 1. The van der Waals surface area contributed by atoms with Crippen LogP contribution in [0.2, 0.25) is 0 Å². The molecule has 0 heterocycles. The lowest BCUT2D eigenvalue weighted by Gasteiger charge is -2.10. The number of aldehydes is 1. The first kappa shape index (κ1) is 16.9. The number of benzene rings is 2. The van der Waals surface area contributed by atoms with Gasteiger partial charge in [-0.05, 0) is 30.3 Å². The van der Waals surface area contributed by atoms with Crippen LogP contribution < -0.4 is 14.8 Å². The van der Waals surface area contributed by atoms with Gasteiger partial charge in [0.1, 0.15) is 11.5 Å². The van der Waals surface area contributed by atoms with Crippen molar-refractivity contribution < 1.29 is 24.0 Å². The van der Waals surface area contributed by atoms with Crippen molar-refractivity contribution in [1.82, 2.24) is 0 Å². The van der Waals surface area contributed by atoms with Gasteiger partial charge in [-0.2, -0.15) is 0 Å². The molecule has 0 aliphatic rings. The van der Waals surface area contributed by atoms with Crippen molar-refractivity contribution in [3.63, 3.8) is 0 Å². The number of anilines is 1. The number of rotatable bonds is 7. The summed E-state index contributed by atoms with van der Waals surface area (Å²) in [5.41, 5.74) is 0.593. The lowest BCUT2D eigenvalue weighted by atomic mass is 10.2. The summed E-state index contributed by atoms with van der Waals surface area (Å²) < 4.78 is 10.3. The summed E-state index contributed by atoms with van der Waals surface area (Å²) >= 11 is 0. The van der Waals surface area contributed by atoms with Crippen LogP contribution in [0.5, 0.6) is 11.5 Å². The molecule has 0 unspecified atom stereocenters. The molecule has 0 radical (unpaired) electrons. The Bertz CT molecular complexity index is 758. The van der Waals surface area contributed by atoms with E-state index in [1.807, 2.05) is 0 Å². The van der Waals surface area contributed by atoms with Crippen LogP contribution in [0.3, 0.4) is 0 Å². The van der Waals surface area contributed by atoms with Crippen LogP contribution in [0.1, 0.15) is 10.4 Å². The minimum atomic E-state index is -0.528. The molecule has 0 spiro atoms. The zero-order chi connectivity index (χ0) is 17.5. The number of non-ortho nitro benzene ring substituents is 1. The SMILES string of the molecule is COc1ccc(OCC(=O)Nc2ccc([N+](=O)[O-])cc2)c(C=O)c1. The predicted molar refractivity (Wildman–Crippen MR) is 85.6 cm³/mol. The normalized spacial score (nSPS) is 9.88. The first-order valence-corrected chi connectivity index (χ1v) is 6.84. The molecule has 124 valence electrons. The second-order valence-corrected chi connectivity index (χ2v) is 4.66. The molecule has 0 fully saturated rings. The number of carbonyl (C=O) groups is 2. The number of hydrogen-bond acceptors (Lipinski definition) is 6. The first-order chi connectivity index (χ1) is 11.5. The zero-order valence-electron chi connectivity index (χ0n) is 12.7. The summed E-state index contributed by atoms with van der Waals surface area (Å²) in [6, 6.07) is 10.0. The van der Waals surface area contributed by atoms with Crippen molar-refractivity contribution in [2.24, 2.45) is 0 Å². The largest absolute Gasteiger partial charge is 0.497 e. The molecule has 0 bridgehead atoms. The average Bonchev–Trinajstić information content (AvgIpc) is 2.60. The standard InChI is InChI=1S/C16H14N2O6/c1-23-14-6-7-15(11(8-14)9-19)24-10-16(20)17-12-2-4-13(5-3-12)18(21)22/h2-9H,10H2,1H3,(H,17,20). The predicted octanol–water partition coefficient (Wildman–Crippen LogP) is 2.43. The maximum Gasteiger partial charge on any atom is 0.269 e. The van der Waals surface area contributed by atoms with Gasteiger partial charge in [-0.15, -0.1) is 0 Å². The third-order valence-electron chi connectivity index (χ3n) is 3.06. The summed E-state index contributed by atoms with van der Waals surface area (Å²) in [5, 5.41) is 13.1. The van der Waals surface area contributed by atoms with Crippen LogP contribution in [-0.4, -0.2) is 30.8 Å². The molecule has 8 nitrogen and oxygen atoms in total. The number of ether oxygens (including phenoxy) is 2. The van der Waals surface area contributed by atoms with Gasteiger partial charge < -0.3 is 14.8 Å². The van der Waals surface area contributed by atoms with Gasteiger partial charge in [-0.25, -0.2) is 0 Å². The van der Waals surface area contributed by atoms with E-state index >= 15 is 0 Å². The topological polar surface area (TPSA) is 108 Å². The van der Waals surface area contributed by atoms with E-state index in [1.54, 1.807) is 6.07 Å². The molecule has 1 amide bonds. The number of methoxy groups -OCH3 is 1. The smallest absolute Gasteiger partial charge is 0.269 e. The van der Waals surface area contributed by atoms with Crippen molar-refractivity contribution in [3.05, 3.63) is 58.1 Å². The zero-order valence-corrected chi connectivity index (χ0v) is 12.7. The second kappa shape index (κ2) is 7.73. The second-order valence-electron chi connectivity index (χ2n) is 4.66. The van der Waals surface area contributed by atoms with Crippen LogP contribution >= 0.6 is 0 Å². The van der Waals surface area contributed by atoms with E-state index in [1.165, 1.54) is 43.5 Å². The van der Waals surface area contributed by atoms with Gasteiger partial charge in [0.2, 0.25) is 0 Å². The quantitative estimate of drug-likeness (QED) is 0.474. The fraction of sp³-hybridized carbons (Fsp3) is 0.125. The van der Waals surface area contributed by atoms with Gasteiger partial charge in [0.25, 0.3) is 11.6 Å². The van der Waals surface area contributed by atoms with E-state index in [2.05, 4.69) is 5.32 Å². The molecule has 2 aromatic carbocycles. The van der Waals surface area contributed by atoms with E-state index in [0.29, 0.717) is 17.7 Å². The Morgan fingerprint density at radius 2 is 1.96 bits per heavy atom. The summed E-state index contributed by atoms with van der Waals surface area (Å²) in [7, 11) is 1.47. The minimum absolute atomic E-state index is 0.0712. The minimum Gasteiger partial charge on any atom is -0.497 e. The molecular weight excluding hydrogens is 316 g/mol. The van der Waals surface area contributed by atoms with Crippen LogP contribution in [0.15, 0.2) is 42.5 Å². The molecule has 0 atom stereocenters. The Kier molecular flexibility index (Phi) is 5.45. The summed E-state index contributed by atoms with van der Waals surface area (Å²) in [4.78, 5) is 32.9. The van der Waals surface area contributed by atoms with Crippen molar-refractivity contribution in [2.75, 3.05) is 19.0 Å². The van der Waals surface area contributed by atoms with Gasteiger partial charge in [-0.1, -0.05) is 0 Å². The third-order valence-corrected chi connectivity index (χ3v) is 3.06. The third kappa shape index (κ3) is 4.29. The van der Waals surface area contributed by atoms with Crippen molar-refractivity contribution in [2.45, 2.75) is 0 Å². The highest BCUT2D eigenvalue weighted by Gasteiger charge is 2.09. The van der Waals surface area contributed by atoms with E-state index in [9.17, 15) is 19.7 Å². The van der Waals surface area contributed by atoms with Crippen molar-refractivity contribution in [3.8, 4) is 11.5 Å². The van der Waals surface area contributed by atoms with Gasteiger partial charge in [-0.3, -0.25) is 19.7 Å². The summed E-state index contributed by atoms with van der Waals surface area (Å²) in [5.74, 6) is 0.293. The molecule has 0 saturated carbocycles. The Morgan fingerprint density at radius 3 is 2.54 bits per heavy atom. The van der Waals surface area contributed by atoms with Crippen LogP contribution in [0.4, 0.5) is 11.4 Å². The van der Waals surface area contributed by atoms with Gasteiger partial charge in [0, 0.05) is 17.8 Å². The van der Waals surface area contributed by atoms with Gasteiger partial charge >= 0.3 is 0 Å². The number of carbonyl (C=O) groups excluding carboxylic acids is 2. The highest BCUT2D eigenvalue weighted by atomic mass is 16.6. The van der Waals surface area contributed by atoms with Crippen LogP contribution in [-0.2, 0) is 4.79 Å². The number of nitro groups is 1. The lowest BCUT2D eigenvalue weighted by molar-refractivity contribution is -0.384. The van der Waals surface area contributed by atoms with Crippen LogP contribution in [0.25, 0.3) is 0 Å². The summed E-state index contributed by atoms with van der Waals surface area (Å²) in [6.07, 6.45) is 0.603. The molecule has 2 aromatic rings. The Labute approximate surface area is 137 Å². The maximum absolute atomic E-state index is 11.8. The molecule has 2 rings (SSSR count). The molecule has 0 aliphatic carbocycles. The molecule has 8 heteroatoms. The monoisotopic (exact) mass is 330 g/mol. The van der Waals surface area contributed by atoms with Crippen LogP contribution in [0, 0.1) is 10.1 Å². The molecule has 1 N–H and O–H groups in total. The highest BCUT2D eigenvalue weighted by Crippen LogP contribution is 2.22. The highest BCUT2D eigenvalue weighted by molar-refractivity contribution is 5.92. The Morgan fingerprint density at radius 1 is 1.25 bits per heavy atom. The average molecular weight is 330 g/mol. The van der Waals surface area contributed by atoms with E-state index in [4.69, 9.17) is 9.47 Å². The van der Waals surface area contributed by atoms with Crippen molar-refractivity contribution in [1.29, 1.82) is 0 Å². The Balaban J connectivity index is 1.95. The van der Waals surface area contributed by atoms with E-state index < -0.39 is 10.8 Å². The molecule has 0 aromatic heterocycles.